The molecule has 17 heavy (non-hydrogen) atoms. The smallest absolute Gasteiger partial charge is 0.152 e. The minimum atomic E-state index is -2.94. The summed E-state index contributed by atoms with van der Waals surface area (Å²) in [5.41, 5.74) is 6.14. The average molecular weight is 261 g/mol. The van der Waals surface area contributed by atoms with E-state index in [9.17, 15) is 8.42 Å². The first-order chi connectivity index (χ1) is 7.86. The normalized spacial score (nSPS) is 22.1. The van der Waals surface area contributed by atoms with Crippen LogP contribution in [0.15, 0.2) is 0 Å². The van der Waals surface area contributed by atoms with Gasteiger partial charge in [-0.1, -0.05) is 32.1 Å². The lowest BCUT2D eigenvalue weighted by Gasteiger charge is -2.31. The number of hydrogen-bond donors (Lipinski definition) is 1. The molecule has 0 unspecified atom stereocenters. The summed E-state index contributed by atoms with van der Waals surface area (Å²) < 4.78 is 23.6. The summed E-state index contributed by atoms with van der Waals surface area (Å²) in [7, 11) is -2.94. The predicted molar refractivity (Wildman–Crippen MR) is 72.8 cm³/mol. The molecule has 1 rings (SSSR count). The van der Waals surface area contributed by atoms with Crippen LogP contribution >= 0.6 is 0 Å². The van der Waals surface area contributed by atoms with E-state index >= 15 is 0 Å². The number of sulfone groups is 1. The van der Waals surface area contributed by atoms with Gasteiger partial charge < -0.3 is 5.73 Å². The Labute approximate surface area is 106 Å². The second-order valence-corrected chi connectivity index (χ2v) is 8.47. The summed E-state index contributed by atoms with van der Waals surface area (Å²) >= 11 is 0. The lowest BCUT2D eigenvalue weighted by molar-refractivity contribution is 0.308. The third kappa shape index (κ3) is 4.96. The molecule has 0 spiro atoms. The summed E-state index contributed by atoms with van der Waals surface area (Å²) in [5, 5.41) is -0.278. The van der Waals surface area contributed by atoms with Gasteiger partial charge in [0.05, 0.1) is 11.0 Å². The van der Waals surface area contributed by atoms with Crippen molar-refractivity contribution in [1.82, 2.24) is 0 Å². The van der Waals surface area contributed by atoms with Gasteiger partial charge in [-0.05, 0) is 33.1 Å². The molecule has 1 aliphatic carbocycles. The Morgan fingerprint density at radius 1 is 1.06 bits per heavy atom. The summed E-state index contributed by atoms with van der Waals surface area (Å²) in [5.74, 6) is 0.251. The lowest BCUT2D eigenvalue weighted by Crippen LogP contribution is -2.42. The van der Waals surface area contributed by atoms with E-state index in [0.29, 0.717) is 6.42 Å². The van der Waals surface area contributed by atoms with E-state index in [1.165, 1.54) is 19.3 Å². The monoisotopic (exact) mass is 261 g/mol. The van der Waals surface area contributed by atoms with Gasteiger partial charge in [0.2, 0.25) is 0 Å². The van der Waals surface area contributed by atoms with Crippen molar-refractivity contribution in [3.8, 4) is 0 Å². The van der Waals surface area contributed by atoms with E-state index < -0.39 is 9.84 Å². The summed E-state index contributed by atoms with van der Waals surface area (Å²) in [6.45, 7) is 3.49. The average Bonchev–Trinajstić information content (AvgIpc) is 2.22. The molecule has 0 amide bonds. The summed E-state index contributed by atoms with van der Waals surface area (Å²) in [4.78, 5) is 0. The Bertz CT molecular complexity index is 314. The van der Waals surface area contributed by atoms with E-state index in [1.807, 2.05) is 0 Å². The zero-order valence-electron chi connectivity index (χ0n) is 11.2. The highest BCUT2D eigenvalue weighted by Crippen LogP contribution is 2.27. The second-order valence-electron chi connectivity index (χ2n) is 5.80. The molecule has 2 N–H and O–H groups in total. The van der Waals surface area contributed by atoms with Crippen molar-refractivity contribution in [1.29, 1.82) is 0 Å². The maximum absolute atomic E-state index is 11.8. The molecular formula is C13H27NO2S. The molecule has 0 aromatic heterocycles. The maximum atomic E-state index is 11.8. The van der Waals surface area contributed by atoms with Gasteiger partial charge >= 0.3 is 0 Å². The highest BCUT2D eigenvalue weighted by atomic mass is 32.2. The first-order valence-electron chi connectivity index (χ1n) is 6.86. The van der Waals surface area contributed by atoms with Gasteiger partial charge in [0, 0.05) is 5.54 Å². The predicted octanol–water partition coefficient (Wildman–Crippen LogP) is 2.64. The van der Waals surface area contributed by atoms with Gasteiger partial charge in [-0.25, -0.2) is 8.42 Å². The van der Waals surface area contributed by atoms with E-state index in [1.54, 1.807) is 13.8 Å². The Morgan fingerprint density at radius 2 is 1.53 bits per heavy atom. The molecule has 3 nitrogen and oxygen atoms in total. The SMILES string of the molecule is CC(C)S(=O)(=O)CCC1(N)CCCCCCC1. The van der Waals surface area contributed by atoms with Crippen LogP contribution < -0.4 is 5.73 Å². The standard InChI is InChI=1S/C13H27NO2S/c1-12(2)17(15,16)11-10-13(14)8-6-4-3-5-7-9-13/h12H,3-11,14H2,1-2H3. The molecule has 1 aliphatic rings. The van der Waals surface area contributed by atoms with Crippen molar-refractivity contribution in [3.05, 3.63) is 0 Å². The second kappa shape index (κ2) is 6.19. The molecular weight excluding hydrogens is 234 g/mol. The molecule has 0 bridgehead atoms. The highest BCUT2D eigenvalue weighted by Gasteiger charge is 2.28. The molecule has 0 aliphatic heterocycles. The van der Waals surface area contributed by atoms with Crippen LogP contribution in [0.2, 0.25) is 0 Å². The van der Waals surface area contributed by atoms with Gasteiger partial charge in [-0.2, -0.15) is 0 Å². The fourth-order valence-electron chi connectivity index (χ4n) is 2.44. The molecule has 0 saturated heterocycles. The van der Waals surface area contributed by atoms with Crippen LogP contribution in [-0.4, -0.2) is 25.0 Å². The quantitative estimate of drug-likeness (QED) is 0.846. The summed E-state index contributed by atoms with van der Waals surface area (Å²) in [6, 6.07) is 0. The molecule has 4 heteroatoms. The molecule has 0 atom stereocenters. The van der Waals surface area contributed by atoms with Crippen molar-refractivity contribution in [3.63, 3.8) is 0 Å². The van der Waals surface area contributed by atoms with Gasteiger partial charge in [-0.3, -0.25) is 0 Å². The van der Waals surface area contributed by atoms with E-state index in [4.69, 9.17) is 5.73 Å². The molecule has 0 heterocycles. The van der Waals surface area contributed by atoms with Crippen LogP contribution in [0.5, 0.6) is 0 Å². The molecule has 1 saturated carbocycles. The van der Waals surface area contributed by atoms with Gasteiger partial charge in [0.15, 0.2) is 9.84 Å². The molecule has 102 valence electrons. The van der Waals surface area contributed by atoms with Gasteiger partial charge in [0.1, 0.15) is 0 Å². The van der Waals surface area contributed by atoms with Crippen LogP contribution in [0.4, 0.5) is 0 Å². The fraction of sp³-hybridized carbons (Fsp3) is 1.00. The van der Waals surface area contributed by atoms with Crippen molar-refractivity contribution in [2.75, 3.05) is 5.75 Å². The van der Waals surface area contributed by atoms with Crippen molar-refractivity contribution < 1.29 is 8.42 Å². The molecule has 0 aromatic carbocycles. The molecule has 1 fully saturated rings. The maximum Gasteiger partial charge on any atom is 0.152 e. The van der Waals surface area contributed by atoms with Crippen LogP contribution in [0.25, 0.3) is 0 Å². The van der Waals surface area contributed by atoms with E-state index in [-0.39, 0.29) is 16.5 Å². The summed E-state index contributed by atoms with van der Waals surface area (Å²) in [6.07, 6.45) is 8.71. The molecule has 0 radical (unpaired) electrons. The largest absolute Gasteiger partial charge is 0.325 e. The lowest BCUT2D eigenvalue weighted by atomic mass is 9.83. The first-order valence-corrected chi connectivity index (χ1v) is 8.58. The third-order valence-electron chi connectivity index (χ3n) is 3.95. The Kier molecular flexibility index (Phi) is 5.45. The first kappa shape index (κ1) is 15.0. The van der Waals surface area contributed by atoms with Crippen molar-refractivity contribution >= 4 is 9.84 Å². The Hall–Kier alpha value is -0.0900. The number of nitrogens with two attached hydrogens (primary N) is 1. The van der Waals surface area contributed by atoms with Crippen LogP contribution in [0, 0.1) is 0 Å². The Morgan fingerprint density at radius 3 is 2.00 bits per heavy atom. The minimum Gasteiger partial charge on any atom is -0.325 e. The van der Waals surface area contributed by atoms with E-state index in [2.05, 4.69) is 0 Å². The highest BCUT2D eigenvalue weighted by molar-refractivity contribution is 7.91. The zero-order valence-corrected chi connectivity index (χ0v) is 12.1. The Balaban J connectivity index is 2.52. The molecule has 0 aromatic rings. The van der Waals surface area contributed by atoms with E-state index in [0.717, 1.165) is 25.7 Å². The van der Waals surface area contributed by atoms with Crippen molar-refractivity contribution in [2.45, 2.75) is 76.0 Å². The topological polar surface area (TPSA) is 60.2 Å². The van der Waals surface area contributed by atoms with Gasteiger partial charge in [0.25, 0.3) is 0 Å². The van der Waals surface area contributed by atoms with Gasteiger partial charge in [-0.15, -0.1) is 0 Å². The van der Waals surface area contributed by atoms with Crippen LogP contribution in [0.3, 0.4) is 0 Å². The number of hydrogen-bond acceptors (Lipinski definition) is 3. The van der Waals surface area contributed by atoms with Crippen LogP contribution in [0.1, 0.15) is 65.2 Å². The fourth-order valence-corrected chi connectivity index (χ4v) is 3.60. The van der Waals surface area contributed by atoms with Crippen molar-refractivity contribution in [2.24, 2.45) is 5.73 Å². The minimum absolute atomic E-state index is 0.234. The van der Waals surface area contributed by atoms with Crippen LogP contribution in [-0.2, 0) is 9.84 Å². The number of rotatable bonds is 4. The zero-order chi connectivity index (χ0) is 12.9. The third-order valence-corrected chi connectivity index (χ3v) is 6.16.